The molecule has 9 nitrogen and oxygen atoms in total. The third-order valence-electron chi connectivity index (χ3n) is 4.96. The van der Waals surface area contributed by atoms with Gasteiger partial charge >= 0.3 is 5.97 Å². The van der Waals surface area contributed by atoms with Crippen molar-refractivity contribution in [3.63, 3.8) is 0 Å². The fraction of sp³-hybridized carbons (Fsp3) is 0.565. The number of unbranched alkanes of at least 4 members (excludes halogenated alkanes) is 1. The first kappa shape index (κ1) is 25.3. The first-order valence-electron chi connectivity index (χ1n) is 11.2. The van der Waals surface area contributed by atoms with Crippen LogP contribution >= 0.6 is 0 Å². The maximum atomic E-state index is 12.5. The summed E-state index contributed by atoms with van der Waals surface area (Å²) in [6.45, 7) is 7.14. The Morgan fingerprint density at radius 3 is 2.34 bits per heavy atom. The minimum Gasteiger partial charge on any atom is -0.466 e. The highest BCUT2D eigenvalue weighted by molar-refractivity contribution is 5.94. The van der Waals surface area contributed by atoms with Crippen LogP contribution in [0, 0.1) is 5.92 Å². The van der Waals surface area contributed by atoms with E-state index in [1.54, 1.807) is 29.2 Å². The fourth-order valence-electron chi connectivity index (χ4n) is 3.33. The number of rotatable bonds is 11. The molecule has 1 fully saturated rings. The number of ether oxygens (including phenoxy) is 1. The third kappa shape index (κ3) is 8.66. The molecule has 1 aliphatic rings. The van der Waals surface area contributed by atoms with E-state index in [2.05, 4.69) is 16.0 Å². The van der Waals surface area contributed by atoms with E-state index in [9.17, 15) is 19.2 Å². The highest BCUT2D eigenvalue weighted by Gasteiger charge is 2.33. The Morgan fingerprint density at radius 2 is 1.75 bits per heavy atom. The summed E-state index contributed by atoms with van der Waals surface area (Å²) >= 11 is 0. The summed E-state index contributed by atoms with van der Waals surface area (Å²) in [7, 11) is 0. The zero-order valence-corrected chi connectivity index (χ0v) is 19.1. The molecule has 32 heavy (non-hydrogen) atoms. The minimum absolute atomic E-state index is 0.0206. The molecule has 0 saturated carbocycles. The Labute approximate surface area is 189 Å². The van der Waals surface area contributed by atoms with E-state index in [4.69, 9.17) is 4.74 Å². The lowest BCUT2D eigenvalue weighted by Gasteiger charge is -2.33. The van der Waals surface area contributed by atoms with Crippen LogP contribution in [0.4, 0.5) is 11.4 Å². The average Bonchev–Trinajstić information content (AvgIpc) is 2.71. The minimum atomic E-state index is -0.734. The van der Waals surface area contributed by atoms with E-state index in [1.807, 2.05) is 20.8 Å². The number of esters is 1. The Morgan fingerprint density at radius 1 is 1.12 bits per heavy atom. The van der Waals surface area contributed by atoms with Crippen molar-refractivity contribution in [3.8, 4) is 0 Å². The summed E-state index contributed by atoms with van der Waals surface area (Å²) in [6.07, 6.45) is 2.03. The molecule has 0 bridgehead atoms. The van der Waals surface area contributed by atoms with Crippen LogP contribution in [0.5, 0.6) is 0 Å². The van der Waals surface area contributed by atoms with Crippen LogP contribution in [0.1, 0.15) is 46.5 Å². The molecule has 176 valence electrons. The third-order valence-corrected chi connectivity index (χ3v) is 4.96. The van der Waals surface area contributed by atoms with Crippen LogP contribution in [0.25, 0.3) is 0 Å². The SMILES string of the molecule is CCCCOC(=O)CC1C(=O)NCCN1CC(=O)Nc1ccc(NC(=O)CC(C)C)cc1. The van der Waals surface area contributed by atoms with E-state index < -0.39 is 12.0 Å². The molecule has 1 saturated heterocycles. The number of anilines is 2. The molecule has 3 amide bonds. The Kier molecular flexibility index (Phi) is 10.1. The lowest BCUT2D eigenvalue weighted by atomic mass is 10.1. The van der Waals surface area contributed by atoms with Crippen molar-refractivity contribution in [1.82, 2.24) is 10.2 Å². The van der Waals surface area contributed by atoms with Gasteiger partial charge in [0.25, 0.3) is 0 Å². The van der Waals surface area contributed by atoms with Gasteiger partial charge in [-0.05, 0) is 36.6 Å². The lowest BCUT2D eigenvalue weighted by Crippen LogP contribution is -2.57. The molecule has 1 heterocycles. The van der Waals surface area contributed by atoms with Crippen molar-refractivity contribution in [2.75, 3.05) is 36.9 Å². The van der Waals surface area contributed by atoms with Gasteiger partial charge in [-0.25, -0.2) is 0 Å². The number of amides is 3. The van der Waals surface area contributed by atoms with Gasteiger partial charge < -0.3 is 20.7 Å². The first-order chi connectivity index (χ1) is 15.3. The topological polar surface area (TPSA) is 117 Å². The van der Waals surface area contributed by atoms with Gasteiger partial charge in [-0.3, -0.25) is 24.1 Å². The zero-order chi connectivity index (χ0) is 23.5. The van der Waals surface area contributed by atoms with Crippen LogP contribution < -0.4 is 16.0 Å². The van der Waals surface area contributed by atoms with E-state index in [0.717, 1.165) is 12.8 Å². The number of benzene rings is 1. The second kappa shape index (κ2) is 12.8. The second-order valence-electron chi connectivity index (χ2n) is 8.33. The summed E-state index contributed by atoms with van der Waals surface area (Å²) in [5.41, 5.74) is 1.23. The number of carbonyl (C=O) groups excluding carboxylic acids is 4. The van der Waals surface area contributed by atoms with Gasteiger partial charge in [-0.2, -0.15) is 0 Å². The monoisotopic (exact) mass is 446 g/mol. The second-order valence-corrected chi connectivity index (χ2v) is 8.33. The molecule has 9 heteroatoms. The normalized spacial score (nSPS) is 16.4. The Balaban J connectivity index is 1.88. The predicted octanol–water partition coefficient (Wildman–Crippen LogP) is 2.14. The summed E-state index contributed by atoms with van der Waals surface area (Å²) in [4.78, 5) is 50.4. The molecule has 3 N–H and O–H groups in total. The van der Waals surface area contributed by atoms with Crippen LogP contribution in [0.15, 0.2) is 24.3 Å². The molecule has 1 aromatic rings. The summed E-state index contributed by atoms with van der Waals surface area (Å²) in [5, 5.41) is 8.35. The Hall–Kier alpha value is -2.94. The lowest BCUT2D eigenvalue weighted by molar-refractivity contribution is -0.149. The van der Waals surface area contributed by atoms with Gasteiger partial charge in [0, 0.05) is 30.9 Å². The smallest absolute Gasteiger partial charge is 0.307 e. The number of carbonyl (C=O) groups is 4. The van der Waals surface area contributed by atoms with Crippen molar-refractivity contribution < 1.29 is 23.9 Å². The molecule has 1 unspecified atom stereocenters. The number of nitrogens with one attached hydrogen (secondary N) is 3. The molecule has 2 rings (SSSR count). The van der Waals surface area contributed by atoms with Crippen molar-refractivity contribution in [2.45, 2.75) is 52.5 Å². The quantitative estimate of drug-likeness (QED) is 0.354. The van der Waals surface area contributed by atoms with Gasteiger partial charge in [0.15, 0.2) is 0 Å². The van der Waals surface area contributed by atoms with Crippen molar-refractivity contribution in [1.29, 1.82) is 0 Å². The van der Waals surface area contributed by atoms with Crippen LogP contribution in [-0.2, 0) is 23.9 Å². The van der Waals surface area contributed by atoms with Gasteiger partial charge in [0.2, 0.25) is 17.7 Å². The van der Waals surface area contributed by atoms with Gasteiger partial charge in [-0.1, -0.05) is 27.2 Å². The molecule has 1 atom stereocenters. The molecule has 0 aromatic heterocycles. The fourth-order valence-corrected chi connectivity index (χ4v) is 3.33. The summed E-state index contributed by atoms with van der Waals surface area (Å²) in [6, 6.07) is 6.11. The number of hydrogen-bond donors (Lipinski definition) is 3. The van der Waals surface area contributed by atoms with E-state index in [-0.39, 0.29) is 36.6 Å². The molecular formula is C23H34N4O5. The molecule has 1 aliphatic heterocycles. The standard InChI is InChI=1S/C23H34N4O5/c1-4-5-12-32-22(30)14-19-23(31)24-10-11-27(19)15-21(29)26-18-8-6-17(7-9-18)25-20(28)13-16(2)3/h6-9,16,19H,4-5,10-15H2,1-3H3,(H,24,31)(H,25,28)(H,26,29). The van der Waals surface area contributed by atoms with Crippen molar-refractivity contribution in [2.24, 2.45) is 5.92 Å². The maximum absolute atomic E-state index is 12.5. The number of hydrogen-bond acceptors (Lipinski definition) is 6. The summed E-state index contributed by atoms with van der Waals surface area (Å²) in [5.74, 6) is -0.800. The molecule has 1 aromatic carbocycles. The van der Waals surface area contributed by atoms with Gasteiger partial charge in [0.05, 0.1) is 19.6 Å². The number of piperazine rings is 1. The molecule has 0 spiro atoms. The largest absolute Gasteiger partial charge is 0.466 e. The molecule has 0 aliphatic carbocycles. The van der Waals surface area contributed by atoms with Crippen LogP contribution in [0.3, 0.4) is 0 Å². The highest BCUT2D eigenvalue weighted by Crippen LogP contribution is 2.16. The van der Waals surface area contributed by atoms with E-state index in [0.29, 0.717) is 37.5 Å². The van der Waals surface area contributed by atoms with Gasteiger partial charge in [-0.15, -0.1) is 0 Å². The first-order valence-corrected chi connectivity index (χ1v) is 11.2. The van der Waals surface area contributed by atoms with Crippen molar-refractivity contribution in [3.05, 3.63) is 24.3 Å². The molecule has 0 radical (unpaired) electrons. The summed E-state index contributed by atoms with van der Waals surface area (Å²) < 4.78 is 5.17. The zero-order valence-electron chi connectivity index (χ0n) is 19.1. The maximum Gasteiger partial charge on any atom is 0.307 e. The number of nitrogens with zero attached hydrogens (tertiary/aromatic N) is 1. The Bertz CT molecular complexity index is 794. The average molecular weight is 447 g/mol. The van der Waals surface area contributed by atoms with Crippen molar-refractivity contribution >= 4 is 35.1 Å². The molecular weight excluding hydrogens is 412 g/mol. The van der Waals surface area contributed by atoms with Crippen LogP contribution in [0.2, 0.25) is 0 Å². The van der Waals surface area contributed by atoms with Crippen LogP contribution in [-0.4, -0.2) is 60.9 Å². The van der Waals surface area contributed by atoms with Gasteiger partial charge in [0.1, 0.15) is 6.04 Å². The highest BCUT2D eigenvalue weighted by atomic mass is 16.5. The van der Waals surface area contributed by atoms with E-state index >= 15 is 0 Å². The predicted molar refractivity (Wildman–Crippen MR) is 122 cm³/mol. The van der Waals surface area contributed by atoms with E-state index in [1.165, 1.54) is 0 Å².